The highest BCUT2D eigenvalue weighted by Gasteiger charge is 2.22. The van der Waals surface area contributed by atoms with E-state index in [1.54, 1.807) is 0 Å². The van der Waals surface area contributed by atoms with Crippen LogP contribution in [-0.2, 0) is 0 Å². The third kappa shape index (κ3) is 2.26. The molecular formula is C12H17NO. The standard InChI is InChI=1S/C12H17NO/c13-11-8-4-5-9-12(11)14-10-6-2-1-3-7-10/h1-3,6-7,11-12H,4-5,8-9,13H2/t11-,12-/m1/s1. The molecule has 0 aromatic heterocycles. The summed E-state index contributed by atoms with van der Waals surface area (Å²) >= 11 is 0. The number of rotatable bonds is 2. The fourth-order valence-electron chi connectivity index (χ4n) is 1.95. The Balaban J connectivity index is 1.96. The first kappa shape index (κ1) is 9.53. The van der Waals surface area contributed by atoms with Gasteiger partial charge in [0.05, 0.1) is 0 Å². The molecule has 1 aromatic carbocycles. The molecule has 76 valence electrons. The van der Waals surface area contributed by atoms with Crippen molar-refractivity contribution in [2.24, 2.45) is 5.73 Å². The van der Waals surface area contributed by atoms with Gasteiger partial charge in [-0.1, -0.05) is 24.6 Å². The van der Waals surface area contributed by atoms with Crippen molar-refractivity contribution in [1.82, 2.24) is 0 Å². The predicted molar refractivity (Wildman–Crippen MR) is 57.3 cm³/mol. The van der Waals surface area contributed by atoms with Crippen molar-refractivity contribution in [2.45, 2.75) is 37.8 Å². The Morgan fingerprint density at radius 2 is 1.79 bits per heavy atom. The summed E-state index contributed by atoms with van der Waals surface area (Å²) in [6, 6.07) is 10.2. The summed E-state index contributed by atoms with van der Waals surface area (Å²) in [6.45, 7) is 0. The molecule has 2 heteroatoms. The van der Waals surface area contributed by atoms with E-state index in [1.807, 2.05) is 30.3 Å². The van der Waals surface area contributed by atoms with Gasteiger partial charge in [0, 0.05) is 6.04 Å². The van der Waals surface area contributed by atoms with E-state index in [9.17, 15) is 0 Å². The van der Waals surface area contributed by atoms with Gasteiger partial charge < -0.3 is 10.5 Å². The van der Waals surface area contributed by atoms with Crippen LogP contribution in [0.25, 0.3) is 0 Å². The van der Waals surface area contributed by atoms with Crippen LogP contribution in [0, 0.1) is 0 Å². The van der Waals surface area contributed by atoms with Gasteiger partial charge in [0.15, 0.2) is 0 Å². The van der Waals surface area contributed by atoms with Crippen LogP contribution in [0.1, 0.15) is 25.7 Å². The Morgan fingerprint density at radius 3 is 2.50 bits per heavy atom. The largest absolute Gasteiger partial charge is 0.489 e. The van der Waals surface area contributed by atoms with Crippen molar-refractivity contribution in [1.29, 1.82) is 0 Å². The van der Waals surface area contributed by atoms with Gasteiger partial charge in [0.1, 0.15) is 11.9 Å². The molecule has 1 aromatic rings. The second kappa shape index (κ2) is 4.47. The fraction of sp³-hybridized carbons (Fsp3) is 0.500. The molecule has 2 nitrogen and oxygen atoms in total. The van der Waals surface area contributed by atoms with Gasteiger partial charge in [0.25, 0.3) is 0 Å². The molecule has 0 aliphatic heterocycles. The zero-order chi connectivity index (χ0) is 9.80. The Hall–Kier alpha value is -1.02. The molecule has 0 spiro atoms. The molecule has 14 heavy (non-hydrogen) atoms. The normalized spacial score (nSPS) is 27.2. The molecule has 0 radical (unpaired) electrons. The lowest BCUT2D eigenvalue weighted by Crippen LogP contribution is -2.41. The molecule has 0 saturated heterocycles. The van der Waals surface area contributed by atoms with Crippen molar-refractivity contribution < 1.29 is 4.74 Å². The van der Waals surface area contributed by atoms with Crippen molar-refractivity contribution in [3.8, 4) is 5.75 Å². The van der Waals surface area contributed by atoms with Crippen LogP contribution in [0.4, 0.5) is 0 Å². The van der Waals surface area contributed by atoms with Crippen LogP contribution in [0.5, 0.6) is 5.75 Å². The summed E-state index contributed by atoms with van der Waals surface area (Å²) < 4.78 is 5.84. The number of hydrogen-bond acceptors (Lipinski definition) is 2. The highest BCUT2D eigenvalue weighted by molar-refractivity contribution is 5.21. The molecule has 2 atom stereocenters. The summed E-state index contributed by atoms with van der Waals surface area (Å²) in [5.74, 6) is 0.940. The van der Waals surface area contributed by atoms with Crippen molar-refractivity contribution >= 4 is 0 Å². The molecule has 0 bridgehead atoms. The number of hydrogen-bond donors (Lipinski definition) is 1. The molecule has 1 saturated carbocycles. The van der Waals surface area contributed by atoms with Crippen LogP contribution >= 0.6 is 0 Å². The molecule has 0 amide bonds. The highest BCUT2D eigenvalue weighted by Crippen LogP contribution is 2.22. The Morgan fingerprint density at radius 1 is 1.07 bits per heavy atom. The summed E-state index contributed by atoms with van der Waals surface area (Å²) in [5.41, 5.74) is 6.00. The summed E-state index contributed by atoms with van der Waals surface area (Å²) in [6.07, 6.45) is 4.89. The Kier molecular flexibility index (Phi) is 3.04. The van der Waals surface area contributed by atoms with Gasteiger partial charge in [-0.15, -0.1) is 0 Å². The van der Waals surface area contributed by atoms with Gasteiger partial charge in [-0.3, -0.25) is 0 Å². The zero-order valence-corrected chi connectivity index (χ0v) is 8.36. The number of para-hydroxylation sites is 1. The number of ether oxygens (including phenoxy) is 1. The van der Waals surface area contributed by atoms with Crippen LogP contribution < -0.4 is 10.5 Å². The Labute approximate surface area is 85.1 Å². The maximum absolute atomic E-state index is 6.00. The van der Waals surface area contributed by atoms with Crippen LogP contribution in [0.3, 0.4) is 0 Å². The first-order chi connectivity index (χ1) is 6.86. The van der Waals surface area contributed by atoms with Crippen LogP contribution in [-0.4, -0.2) is 12.1 Å². The average molecular weight is 191 g/mol. The lowest BCUT2D eigenvalue weighted by atomic mass is 9.93. The minimum atomic E-state index is 0.212. The lowest BCUT2D eigenvalue weighted by Gasteiger charge is -2.29. The predicted octanol–water partition coefficient (Wildman–Crippen LogP) is 2.34. The van der Waals surface area contributed by atoms with Crippen molar-refractivity contribution in [3.63, 3.8) is 0 Å². The van der Waals surface area contributed by atoms with E-state index in [0.717, 1.165) is 18.6 Å². The average Bonchev–Trinajstić information content (AvgIpc) is 2.23. The van der Waals surface area contributed by atoms with Gasteiger partial charge in [-0.25, -0.2) is 0 Å². The van der Waals surface area contributed by atoms with E-state index in [-0.39, 0.29) is 12.1 Å². The van der Waals surface area contributed by atoms with E-state index >= 15 is 0 Å². The molecule has 2 N–H and O–H groups in total. The molecule has 1 fully saturated rings. The molecule has 2 rings (SSSR count). The Bertz CT molecular complexity index is 273. The molecule has 1 aliphatic carbocycles. The van der Waals surface area contributed by atoms with E-state index in [2.05, 4.69) is 0 Å². The van der Waals surface area contributed by atoms with Gasteiger partial charge in [-0.2, -0.15) is 0 Å². The third-order valence-corrected chi connectivity index (χ3v) is 2.78. The minimum absolute atomic E-state index is 0.212. The molecule has 0 heterocycles. The van der Waals surface area contributed by atoms with Gasteiger partial charge in [0.2, 0.25) is 0 Å². The highest BCUT2D eigenvalue weighted by atomic mass is 16.5. The lowest BCUT2D eigenvalue weighted by molar-refractivity contribution is 0.132. The van der Waals surface area contributed by atoms with E-state index in [4.69, 9.17) is 10.5 Å². The third-order valence-electron chi connectivity index (χ3n) is 2.78. The van der Waals surface area contributed by atoms with Crippen LogP contribution in [0.15, 0.2) is 30.3 Å². The topological polar surface area (TPSA) is 35.2 Å². The quantitative estimate of drug-likeness (QED) is 0.778. The minimum Gasteiger partial charge on any atom is -0.489 e. The molecule has 1 aliphatic rings. The second-order valence-corrected chi connectivity index (χ2v) is 3.92. The summed E-state index contributed by atoms with van der Waals surface area (Å²) in [5, 5.41) is 0. The SMILES string of the molecule is N[C@@H]1CCCC[C@H]1Oc1ccccc1. The number of benzene rings is 1. The number of nitrogens with two attached hydrogens (primary N) is 1. The van der Waals surface area contributed by atoms with E-state index < -0.39 is 0 Å². The first-order valence-electron chi connectivity index (χ1n) is 5.33. The second-order valence-electron chi connectivity index (χ2n) is 3.92. The maximum atomic E-state index is 6.00. The van der Waals surface area contributed by atoms with Crippen molar-refractivity contribution in [2.75, 3.05) is 0 Å². The van der Waals surface area contributed by atoms with Crippen LogP contribution in [0.2, 0.25) is 0 Å². The monoisotopic (exact) mass is 191 g/mol. The zero-order valence-electron chi connectivity index (χ0n) is 8.36. The van der Waals surface area contributed by atoms with Gasteiger partial charge >= 0.3 is 0 Å². The fourth-order valence-corrected chi connectivity index (χ4v) is 1.95. The van der Waals surface area contributed by atoms with Crippen molar-refractivity contribution in [3.05, 3.63) is 30.3 Å². The summed E-state index contributed by atoms with van der Waals surface area (Å²) in [7, 11) is 0. The molecular weight excluding hydrogens is 174 g/mol. The molecule has 0 unspecified atom stereocenters. The van der Waals surface area contributed by atoms with Gasteiger partial charge in [-0.05, 0) is 31.4 Å². The first-order valence-corrected chi connectivity index (χ1v) is 5.33. The summed E-state index contributed by atoms with van der Waals surface area (Å²) in [4.78, 5) is 0. The smallest absolute Gasteiger partial charge is 0.119 e. The van der Waals surface area contributed by atoms with E-state index in [1.165, 1.54) is 12.8 Å². The van der Waals surface area contributed by atoms with E-state index in [0.29, 0.717) is 0 Å². The maximum Gasteiger partial charge on any atom is 0.119 e.